The Morgan fingerprint density at radius 2 is 2.33 bits per heavy atom. The van der Waals surface area contributed by atoms with Gasteiger partial charge in [-0.15, -0.1) is 0 Å². The maximum absolute atomic E-state index is 8.72. The lowest BCUT2D eigenvalue weighted by atomic mass is 9.94. The van der Waals surface area contributed by atoms with Gasteiger partial charge in [0.15, 0.2) is 0 Å². The van der Waals surface area contributed by atoms with Crippen molar-refractivity contribution >= 4 is 0 Å². The van der Waals surface area contributed by atoms with E-state index in [9.17, 15) is 0 Å². The summed E-state index contributed by atoms with van der Waals surface area (Å²) in [6.07, 6.45) is 1.02. The summed E-state index contributed by atoms with van der Waals surface area (Å²) < 4.78 is 0. The second kappa shape index (κ2) is 3.88. The molecule has 1 fully saturated rings. The van der Waals surface area contributed by atoms with Gasteiger partial charge in [0.2, 0.25) is 0 Å². The Balaban J connectivity index is 2.46. The highest BCUT2D eigenvalue weighted by Gasteiger charge is 2.25. The normalized spacial score (nSPS) is 34.2. The van der Waals surface area contributed by atoms with Crippen molar-refractivity contribution in [2.24, 2.45) is 11.7 Å². The summed E-state index contributed by atoms with van der Waals surface area (Å²) in [7, 11) is 0. The molecular formula is C9H17N3. The SMILES string of the molecule is CC1CN(C(C)C#N)CCC1N. The monoisotopic (exact) mass is 167 g/mol. The van der Waals surface area contributed by atoms with Gasteiger partial charge in [-0.1, -0.05) is 6.92 Å². The topological polar surface area (TPSA) is 53.0 Å². The Hall–Kier alpha value is -0.590. The van der Waals surface area contributed by atoms with Crippen LogP contribution in [0.4, 0.5) is 0 Å². The Morgan fingerprint density at radius 3 is 2.83 bits per heavy atom. The van der Waals surface area contributed by atoms with Crippen LogP contribution >= 0.6 is 0 Å². The third-order valence-electron chi connectivity index (χ3n) is 2.74. The lowest BCUT2D eigenvalue weighted by molar-refractivity contribution is 0.146. The minimum Gasteiger partial charge on any atom is -0.327 e. The molecule has 3 heteroatoms. The second-order valence-corrected chi connectivity index (χ2v) is 3.73. The van der Waals surface area contributed by atoms with Crippen LogP contribution in [0.1, 0.15) is 20.3 Å². The minimum atomic E-state index is 0.0416. The van der Waals surface area contributed by atoms with Crippen LogP contribution in [0.5, 0.6) is 0 Å². The fourth-order valence-electron chi connectivity index (χ4n) is 1.63. The fraction of sp³-hybridized carbons (Fsp3) is 0.889. The van der Waals surface area contributed by atoms with Crippen molar-refractivity contribution in [3.8, 4) is 6.07 Å². The molecular weight excluding hydrogens is 150 g/mol. The van der Waals surface area contributed by atoms with Crippen molar-refractivity contribution in [1.82, 2.24) is 4.90 Å². The number of rotatable bonds is 1. The third-order valence-corrected chi connectivity index (χ3v) is 2.74. The van der Waals surface area contributed by atoms with Gasteiger partial charge in [0.1, 0.15) is 0 Å². The molecule has 0 saturated carbocycles. The molecule has 0 spiro atoms. The third kappa shape index (κ3) is 1.96. The van der Waals surface area contributed by atoms with E-state index >= 15 is 0 Å². The average molecular weight is 167 g/mol. The largest absolute Gasteiger partial charge is 0.327 e. The number of hydrogen-bond acceptors (Lipinski definition) is 3. The highest BCUT2D eigenvalue weighted by atomic mass is 15.2. The molecule has 68 valence electrons. The maximum Gasteiger partial charge on any atom is 0.0949 e. The molecule has 0 aromatic carbocycles. The molecule has 1 rings (SSSR count). The van der Waals surface area contributed by atoms with Gasteiger partial charge >= 0.3 is 0 Å². The van der Waals surface area contributed by atoms with Gasteiger partial charge in [-0.25, -0.2) is 0 Å². The first-order valence-electron chi connectivity index (χ1n) is 4.54. The molecule has 1 saturated heterocycles. The summed E-state index contributed by atoms with van der Waals surface area (Å²) >= 11 is 0. The van der Waals surface area contributed by atoms with Crippen LogP contribution in [-0.2, 0) is 0 Å². The summed E-state index contributed by atoms with van der Waals surface area (Å²) in [5.41, 5.74) is 5.87. The smallest absolute Gasteiger partial charge is 0.0949 e. The van der Waals surface area contributed by atoms with Gasteiger partial charge < -0.3 is 5.73 Å². The van der Waals surface area contributed by atoms with Crippen molar-refractivity contribution < 1.29 is 0 Å². The van der Waals surface area contributed by atoms with E-state index in [1.165, 1.54) is 0 Å². The first-order valence-corrected chi connectivity index (χ1v) is 4.54. The molecule has 0 aliphatic carbocycles. The number of nitrogens with zero attached hydrogens (tertiary/aromatic N) is 2. The standard InChI is InChI=1S/C9H17N3/c1-7-6-12(8(2)5-10)4-3-9(7)11/h7-9H,3-4,6,11H2,1-2H3. The fourth-order valence-corrected chi connectivity index (χ4v) is 1.63. The van der Waals surface area contributed by atoms with Crippen LogP contribution in [0.3, 0.4) is 0 Å². The molecule has 1 heterocycles. The van der Waals surface area contributed by atoms with E-state index in [0.717, 1.165) is 19.5 Å². The summed E-state index contributed by atoms with van der Waals surface area (Å²) in [5, 5.41) is 8.72. The Morgan fingerprint density at radius 1 is 1.67 bits per heavy atom. The molecule has 3 nitrogen and oxygen atoms in total. The molecule has 0 bridgehead atoms. The van der Waals surface area contributed by atoms with Crippen molar-refractivity contribution in [3.63, 3.8) is 0 Å². The zero-order chi connectivity index (χ0) is 9.14. The Labute approximate surface area is 74.1 Å². The highest BCUT2D eigenvalue weighted by molar-refractivity contribution is 4.92. The molecule has 0 aromatic heterocycles. The minimum absolute atomic E-state index is 0.0416. The molecule has 0 aromatic rings. The van der Waals surface area contributed by atoms with Crippen molar-refractivity contribution in [2.45, 2.75) is 32.4 Å². The number of nitrogens with two attached hydrogens (primary N) is 1. The summed E-state index contributed by atoms with van der Waals surface area (Å²) in [6.45, 7) is 6.04. The molecule has 12 heavy (non-hydrogen) atoms. The quantitative estimate of drug-likeness (QED) is 0.621. The van der Waals surface area contributed by atoms with Crippen molar-refractivity contribution in [1.29, 1.82) is 5.26 Å². The van der Waals surface area contributed by atoms with Crippen LogP contribution < -0.4 is 5.73 Å². The van der Waals surface area contributed by atoms with E-state index < -0.39 is 0 Å². The summed E-state index contributed by atoms with van der Waals surface area (Å²) in [5.74, 6) is 0.523. The van der Waals surface area contributed by atoms with E-state index in [1.54, 1.807) is 0 Å². The summed E-state index contributed by atoms with van der Waals surface area (Å²) in [6, 6.07) is 2.62. The lowest BCUT2D eigenvalue weighted by Crippen LogP contribution is -2.48. The van der Waals surface area contributed by atoms with Gasteiger partial charge in [-0.3, -0.25) is 4.90 Å². The van der Waals surface area contributed by atoms with E-state index in [-0.39, 0.29) is 6.04 Å². The average Bonchev–Trinajstić information content (AvgIpc) is 2.08. The number of hydrogen-bond donors (Lipinski definition) is 1. The number of nitriles is 1. The van der Waals surface area contributed by atoms with Gasteiger partial charge in [-0.2, -0.15) is 5.26 Å². The van der Waals surface area contributed by atoms with E-state index in [1.807, 2.05) is 6.92 Å². The van der Waals surface area contributed by atoms with Crippen molar-refractivity contribution in [3.05, 3.63) is 0 Å². The Kier molecular flexibility index (Phi) is 3.07. The molecule has 1 aliphatic rings. The van der Waals surface area contributed by atoms with Crippen LogP contribution in [0.2, 0.25) is 0 Å². The second-order valence-electron chi connectivity index (χ2n) is 3.73. The lowest BCUT2D eigenvalue weighted by Gasteiger charge is -2.36. The zero-order valence-electron chi connectivity index (χ0n) is 7.83. The van der Waals surface area contributed by atoms with E-state index in [2.05, 4.69) is 17.9 Å². The number of piperidine rings is 1. The maximum atomic E-state index is 8.72. The van der Waals surface area contributed by atoms with Gasteiger partial charge in [-0.05, 0) is 19.3 Å². The van der Waals surface area contributed by atoms with E-state index in [0.29, 0.717) is 12.0 Å². The predicted octanol–water partition coefficient (Wildman–Crippen LogP) is 0.568. The first kappa shape index (κ1) is 9.50. The molecule has 2 N–H and O–H groups in total. The predicted molar refractivity (Wildman–Crippen MR) is 48.4 cm³/mol. The van der Waals surface area contributed by atoms with Gasteiger partial charge in [0, 0.05) is 19.1 Å². The molecule has 0 amide bonds. The van der Waals surface area contributed by atoms with Crippen LogP contribution in [0, 0.1) is 17.2 Å². The highest BCUT2D eigenvalue weighted by Crippen LogP contribution is 2.16. The first-order chi connectivity index (χ1) is 5.65. The zero-order valence-corrected chi connectivity index (χ0v) is 7.83. The van der Waals surface area contributed by atoms with Crippen molar-refractivity contribution in [2.75, 3.05) is 13.1 Å². The number of likely N-dealkylation sites (tertiary alicyclic amines) is 1. The molecule has 3 unspecified atom stereocenters. The van der Waals surface area contributed by atoms with Crippen LogP contribution in [0.25, 0.3) is 0 Å². The van der Waals surface area contributed by atoms with Gasteiger partial charge in [0.05, 0.1) is 12.1 Å². The summed E-state index contributed by atoms with van der Waals surface area (Å²) in [4.78, 5) is 2.20. The van der Waals surface area contributed by atoms with Crippen LogP contribution in [-0.4, -0.2) is 30.1 Å². The molecule has 1 aliphatic heterocycles. The molecule has 0 radical (unpaired) electrons. The van der Waals surface area contributed by atoms with Gasteiger partial charge in [0.25, 0.3) is 0 Å². The van der Waals surface area contributed by atoms with E-state index in [4.69, 9.17) is 11.0 Å². The Bertz CT molecular complexity index is 185. The molecule has 3 atom stereocenters. The van der Waals surface area contributed by atoms with Crippen LogP contribution in [0.15, 0.2) is 0 Å².